The molecule has 4 aliphatic heterocycles. The molecule has 9 nitrogen and oxygen atoms in total. The molecular formula is C27H38N6O3. The number of carbonyl (C=O) groups is 2. The van der Waals surface area contributed by atoms with Crippen LogP contribution in [-0.4, -0.2) is 108 Å². The number of rotatable bonds is 6. The van der Waals surface area contributed by atoms with E-state index in [9.17, 15) is 14.7 Å². The first-order valence-electron chi connectivity index (χ1n) is 13.2. The van der Waals surface area contributed by atoms with Crippen molar-refractivity contribution < 1.29 is 14.7 Å². The van der Waals surface area contributed by atoms with Crippen molar-refractivity contribution in [3.05, 3.63) is 36.9 Å². The predicted molar refractivity (Wildman–Crippen MR) is 141 cm³/mol. The second kappa shape index (κ2) is 10.2. The molecule has 0 saturated carbocycles. The first-order valence-corrected chi connectivity index (χ1v) is 13.2. The van der Waals surface area contributed by atoms with Crippen molar-refractivity contribution in [3.63, 3.8) is 0 Å². The molecule has 0 bridgehead atoms. The number of hydrogen-bond donors (Lipinski definition) is 1. The van der Waals surface area contributed by atoms with E-state index in [4.69, 9.17) is 0 Å². The molecule has 0 aromatic heterocycles. The minimum atomic E-state index is -0.835. The van der Waals surface area contributed by atoms with E-state index >= 15 is 0 Å². The Hall–Kier alpha value is -2.91. The molecule has 3 fully saturated rings. The highest BCUT2D eigenvalue weighted by Gasteiger charge is 2.43. The average molecular weight is 495 g/mol. The number of hydrazone groups is 1. The molecule has 36 heavy (non-hydrogen) atoms. The minimum absolute atomic E-state index is 0.00922. The molecule has 3 saturated heterocycles. The number of likely N-dealkylation sites (N-methyl/N-ethyl adjacent to an activating group) is 1. The van der Waals surface area contributed by atoms with E-state index in [-0.39, 0.29) is 23.9 Å². The Labute approximate surface area is 213 Å². The maximum absolute atomic E-state index is 13.0. The number of nitrogens with zero attached hydrogens (tertiary/aromatic N) is 6. The highest BCUT2D eigenvalue weighted by atomic mass is 16.3. The number of amides is 2. The summed E-state index contributed by atoms with van der Waals surface area (Å²) in [5.41, 5.74) is 1.43. The quantitative estimate of drug-likeness (QED) is 0.604. The molecule has 2 amide bonds. The van der Waals surface area contributed by atoms with Gasteiger partial charge in [0.1, 0.15) is 6.04 Å². The Kier molecular flexibility index (Phi) is 7.03. The molecule has 4 aliphatic rings. The fraction of sp³-hybridized carbons (Fsp3) is 0.593. The van der Waals surface area contributed by atoms with Gasteiger partial charge in [0.15, 0.2) is 0 Å². The number of aliphatic hydroxyl groups is 1. The summed E-state index contributed by atoms with van der Waals surface area (Å²) in [4.78, 5) is 33.1. The lowest BCUT2D eigenvalue weighted by atomic mass is 9.84. The summed E-state index contributed by atoms with van der Waals surface area (Å²) < 4.78 is 0. The SMILES string of the molecule is C=CC(=O)N1CCC1C(=O)N1CCC(O)(CC2CC=NN2c2cccc(N3CCN(C)CC3)c2)CC1. The lowest BCUT2D eigenvalue weighted by molar-refractivity contribution is -0.153. The fourth-order valence-corrected chi connectivity index (χ4v) is 5.82. The Morgan fingerprint density at radius 2 is 1.83 bits per heavy atom. The van der Waals surface area contributed by atoms with Crippen LogP contribution >= 0.6 is 0 Å². The number of hydrogen-bond acceptors (Lipinski definition) is 7. The van der Waals surface area contributed by atoms with Crippen molar-refractivity contribution in [2.75, 3.05) is 62.8 Å². The topological polar surface area (TPSA) is 82.9 Å². The number of likely N-dealkylation sites (tertiary alicyclic amines) is 2. The van der Waals surface area contributed by atoms with Crippen LogP contribution in [0.5, 0.6) is 0 Å². The van der Waals surface area contributed by atoms with Gasteiger partial charge >= 0.3 is 0 Å². The smallest absolute Gasteiger partial charge is 0.246 e. The Balaban J connectivity index is 1.18. The third kappa shape index (κ3) is 4.99. The molecule has 0 spiro atoms. The van der Waals surface area contributed by atoms with Crippen LogP contribution in [0.25, 0.3) is 0 Å². The van der Waals surface area contributed by atoms with Gasteiger partial charge in [-0.1, -0.05) is 12.6 Å². The van der Waals surface area contributed by atoms with Gasteiger partial charge < -0.3 is 24.7 Å². The molecular weight excluding hydrogens is 456 g/mol. The third-order valence-electron chi connectivity index (χ3n) is 8.28. The minimum Gasteiger partial charge on any atom is -0.390 e. The van der Waals surface area contributed by atoms with Gasteiger partial charge in [0.2, 0.25) is 11.8 Å². The van der Waals surface area contributed by atoms with Gasteiger partial charge in [0.05, 0.1) is 17.3 Å². The van der Waals surface area contributed by atoms with Crippen LogP contribution in [0.4, 0.5) is 11.4 Å². The second-order valence-corrected chi connectivity index (χ2v) is 10.6. The van der Waals surface area contributed by atoms with Crippen molar-refractivity contribution >= 4 is 29.4 Å². The number of carbonyl (C=O) groups excluding carboxylic acids is 2. The summed E-state index contributed by atoms with van der Waals surface area (Å²) in [7, 11) is 2.16. The molecule has 194 valence electrons. The summed E-state index contributed by atoms with van der Waals surface area (Å²) in [6, 6.07) is 8.26. The zero-order valence-corrected chi connectivity index (χ0v) is 21.3. The largest absolute Gasteiger partial charge is 0.390 e. The summed E-state index contributed by atoms with van der Waals surface area (Å²) in [5.74, 6) is -0.198. The highest BCUT2D eigenvalue weighted by molar-refractivity contribution is 5.94. The van der Waals surface area contributed by atoms with Crippen LogP contribution in [0.3, 0.4) is 0 Å². The average Bonchev–Trinajstić information content (AvgIpc) is 3.31. The molecule has 1 N–H and O–H groups in total. The highest BCUT2D eigenvalue weighted by Crippen LogP contribution is 2.35. The number of piperidine rings is 1. The first-order chi connectivity index (χ1) is 17.4. The molecule has 1 aromatic rings. The third-order valence-corrected chi connectivity index (χ3v) is 8.28. The molecule has 0 radical (unpaired) electrons. The molecule has 5 rings (SSSR count). The molecule has 0 aliphatic carbocycles. The van der Waals surface area contributed by atoms with Crippen LogP contribution in [0.15, 0.2) is 42.0 Å². The Morgan fingerprint density at radius 1 is 1.11 bits per heavy atom. The zero-order valence-electron chi connectivity index (χ0n) is 21.3. The van der Waals surface area contributed by atoms with Gasteiger partial charge in [-0.15, -0.1) is 0 Å². The number of anilines is 2. The maximum Gasteiger partial charge on any atom is 0.246 e. The van der Waals surface area contributed by atoms with Gasteiger partial charge in [-0.2, -0.15) is 5.10 Å². The normalized spacial score (nSPS) is 26.2. The van der Waals surface area contributed by atoms with Crippen LogP contribution in [0.2, 0.25) is 0 Å². The summed E-state index contributed by atoms with van der Waals surface area (Å²) >= 11 is 0. The molecule has 2 unspecified atom stereocenters. The van der Waals surface area contributed by atoms with E-state index in [0.29, 0.717) is 45.3 Å². The van der Waals surface area contributed by atoms with E-state index in [1.165, 1.54) is 11.8 Å². The van der Waals surface area contributed by atoms with Gasteiger partial charge in [0, 0.05) is 64.1 Å². The lowest BCUT2D eigenvalue weighted by Crippen LogP contribution is -2.60. The van der Waals surface area contributed by atoms with Crippen LogP contribution in [-0.2, 0) is 9.59 Å². The summed E-state index contributed by atoms with van der Waals surface area (Å²) in [6.45, 7) is 9.30. The van der Waals surface area contributed by atoms with E-state index in [1.807, 2.05) is 11.1 Å². The number of piperazine rings is 1. The van der Waals surface area contributed by atoms with Crippen molar-refractivity contribution in [2.24, 2.45) is 5.10 Å². The van der Waals surface area contributed by atoms with Gasteiger partial charge in [0.25, 0.3) is 0 Å². The summed E-state index contributed by atoms with van der Waals surface area (Å²) in [6.07, 6.45) is 6.38. The van der Waals surface area contributed by atoms with Crippen molar-refractivity contribution in [1.82, 2.24) is 14.7 Å². The predicted octanol–water partition coefficient (Wildman–Crippen LogP) is 1.53. The molecule has 9 heteroatoms. The molecule has 4 heterocycles. The fourth-order valence-electron chi connectivity index (χ4n) is 5.82. The van der Waals surface area contributed by atoms with E-state index in [2.05, 4.69) is 57.8 Å². The van der Waals surface area contributed by atoms with Crippen molar-refractivity contribution in [2.45, 2.75) is 49.8 Å². The van der Waals surface area contributed by atoms with Crippen LogP contribution in [0.1, 0.15) is 32.1 Å². The molecule has 1 aromatic carbocycles. The van der Waals surface area contributed by atoms with Gasteiger partial charge in [-0.3, -0.25) is 14.6 Å². The van der Waals surface area contributed by atoms with Gasteiger partial charge in [-0.05, 0) is 57.0 Å². The van der Waals surface area contributed by atoms with Crippen LogP contribution < -0.4 is 9.91 Å². The monoisotopic (exact) mass is 494 g/mol. The van der Waals surface area contributed by atoms with Crippen molar-refractivity contribution in [3.8, 4) is 0 Å². The second-order valence-electron chi connectivity index (χ2n) is 10.6. The van der Waals surface area contributed by atoms with Crippen molar-refractivity contribution in [1.29, 1.82) is 0 Å². The first kappa shape index (κ1) is 24.8. The van der Waals surface area contributed by atoms with E-state index in [1.54, 1.807) is 4.90 Å². The maximum atomic E-state index is 13.0. The molecule has 2 atom stereocenters. The Morgan fingerprint density at radius 3 is 2.50 bits per heavy atom. The lowest BCUT2D eigenvalue weighted by Gasteiger charge is -2.45. The Bertz CT molecular complexity index is 1010. The summed E-state index contributed by atoms with van der Waals surface area (Å²) in [5, 5.41) is 18.2. The van der Waals surface area contributed by atoms with E-state index in [0.717, 1.165) is 38.3 Å². The van der Waals surface area contributed by atoms with Gasteiger partial charge in [-0.25, -0.2) is 0 Å². The van der Waals surface area contributed by atoms with E-state index < -0.39 is 5.60 Å². The number of benzene rings is 1. The van der Waals surface area contributed by atoms with Crippen LogP contribution in [0, 0.1) is 0 Å². The zero-order chi connectivity index (χ0) is 25.3. The standard InChI is InChI=1S/C27H38N6O3/c1-3-25(34)32-12-8-24(32)26(35)31-13-9-27(36,10-14-31)20-23-7-11-28-33(23)22-6-4-5-21(19-22)30-17-15-29(2)16-18-30/h3-6,11,19,23-24,36H,1,7-10,12-18,20H2,2H3.